The van der Waals surface area contributed by atoms with Crippen molar-refractivity contribution < 1.29 is 17.6 Å². The predicted molar refractivity (Wildman–Crippen MR) is 95.4 cm³/mol. The summed E-state index contributed by atoms with van der Waals surface area (Å²) in [7, 11) is -3.81. The maximum atomic E-state index is 12.7. The van der Waals surface area contributed by atoms with Crippen LogP contribution < -0.4 is 10.0 Å². The molecule has 136 valence electrons. The van der Waals surface area contributed by atoms with Gasteiger partial charge < -0.3 is 9.73 Å². The molecule has 0 saturated heterocycles. The highest BCUT2D eigenvalue weighted by Crippen LogP contribution is 2.18. The van der Waals surface area contributed by atoms with Crippen molar-refractivity contribution in [3.8, 4) is 0 Å². The van der Waals surface area contributed by atoms with Gasteiger partial charge >= 0.3 is 0 Å². The molecule has 0 aliphatic heterocycles. The largest absolute Gasteiger partial charge is 0.467 e. The van der Waals surface area contributed by atoms with Crippen LogP contribution >= 0.6 is 0 Å². The first-order valence-electron chi connectivity index (χ1n) is 8.10. The van der Waals surface area contributed by atoms with Gasteiger partial charge in [-0.25, -0.2) is 8.42 Å². The highest BCUT2D eigenvalue weighted by molar-refractivity contribution is 7.89. The molecular formula is C18H24N2O4S. The monoisotopic (exact) mass is 364 g/mol. The van der Waals surface area contributed by atoms with Crippen LogP contribution in [0.2, 0.25) is 0 Å². The molecule has 25 heavy (non-hydrogen) atoms. The average molecular weight is 364 g/mol. The Hall–Kier alpha value is -2.12. The maximum Gasteiger partial charge on any atom is 0.241 e. The lowest BCUT2D eigenvalue weighted by Crippen LogP contribution is -2.49. The lowest BCUT2D eigenvalue weighted by Gasteiger charge is -2.22. The van der Waals surface area contributed by atoms with E-state index in [-0.39, 0.29) is 23.3 Å². The van der Waals surface area contributed by atoms with Gasteiger partial charge in [-0.15, -0.1) is 0 Å². The van der Waals surface area contributed by atoms with Crippen molar-refractivity contribution in [1.29, 1.82) is 0 Å². The van der Waals surface area contributed by atoms with Gasteiger partial charge in [-0.05, 0) is 49.1 Å². The number of sulfonamides is 1. The number of rotatable bonds is 7. The Labute approximate surface area is 148 Å². The molecule has 2 rings (SSSR count). The quantitative estimate of drug-likeness (QED) is 0.790. The summed E-state index contributed by atoms with van der Waals surface area (Å²) in [6.07, 6.45) is 1.52. The van der Waals surface area contributed by atoms with E-state index >= 15 is 0 Å². The summed E-state index contributed by atoms with van der Waals surface area (Å²) in [5.41, 5.74) is 1.48. The van der Waals surface area contributed by atoms with E-state index in [1.165, 1.54) is 6.26 Å². The summed E-state index contributed by atoms with van der Waals surface area (Å²) in [5, 5.41) is 2.71. The molecule has 1 aromatic heterocycles. The zero-order chi connectivity index (χ0) is 18.6. The van der Waals surface area contributed by atoms with E-state index < -0.39 is 16.1 Å². The molecule has 7 heteroatoms. The van der Waals surface area contributed by atoms with Crippen molar-refractivity contribution in [3.63, 3.8) is 0 Å². The highest BCUT2D eigenvalue weighted by Gasteiger charge is 2.29. The van der Waals surface area contributed by atoms with Crippen molar-refractivity contribution in [2.75, 3.05) is 0 Å². The topological polar surface area (TPSA) is 88.4 Å². The number of nitrogens with one attached hydrogen (secondary N) is 2. The summed E-state index contributed by atoms with van der Waals surface area (Å²) >= 11 is 0. The Balaban J connectivity index is 2.17. The Morgan fingerprint density at radius 2 is 1.92 bits per heavy atom. The highest BCUT2D eigenvalue weighted by atomic mass is 32.2. The van der Waals surface area contributed by atoms with Crippen molar-refractivity contribution in [2.45, 2.75) is 45.2 Å². The van der Waals surface area contributed by atoms with Crippen LogP contribution in [-0.4, -0.2) is 20.4 Å². The van der Waals surface area contributed by atoms with Gasteiger partial charge in [0.2, 0.25) is 15.9 Å². The van der Waals surface area contributed by atoms with Gasteiger partial charge in [0.15, 0.2) is 0 Å². The van der Waals surface area contributed by atoms with E-state index in [1.54, 1.807) is 45.0 Å². The Kier molecular flexibility index (Phi) is 6.02. The van der Waals surface area contributed by atoms with E-state index in [9.17, 15) is 13.2 Å². The van der Waals surface area contributed by atoms with Crippen molar-refractivity contribution in [1.82, 2.24) is 10.0 Å². The number of carbonyl (C=O) groups is 1. The lowest BCUT2D eigenvalue weighted by molar-refractivity contribution is -0.123. The van der Waals surface area contributed by atoms with E-state index in [0.717, 1.165) is 5.56 Å². The molecular weight excluding hydrogens is 340 g/mol. The average Bonchev–Trinajstić information content (AvgIpc) is 3.05. The van der Waals surface area contributed by atoms with Gasteiger partial charge in [0, 0.05) is 0 Å². The minimum atomic E-state index is -3.81. The SMILES string of the molecule is Cc1ccc(C)c(S(=O)(=O)N[C@H](C(=O)NCc2ccco2)C(C)C)c1. The number of hydrogen-bond donors (Lipinski definition) is 2. The van der Waals surface area contributed by atoms with E-state index in [2.05, 4.69) is 10.0 Å². The third kappa shape index (κ3) is 4.93. The molecule has 0 aliphatic rings. The first kappa shape index (κ1) is 19.2. The van der Waals surface area contributed by atoms with Gasteiger partial charge in [0.05, 0.1) is 17.7 Å². The molecule has 2 N–H and O–H groups in total. The zero-order valence-electron chi connectivity index (χ0n) is 14.9. The van der Waals surface area contributed by atoms with E-state index in [0.29, 0.717) is 11.3 Å². The van der Waals surface area contributed by atoms with Crippen LogP contribution in [0.3, 0.4) is 0 Å². The molecule has 1 aromatic carbocycles. The first-order valence-corrected chi connectivity index (χ1v) is 9.58. The number of furan rings is 1. The minimum absolute atomic E-state index is 0.192. The molecule has 0 aliphatic carbocycles. The predicted octanol–water partition coefficient (Wildman–Crippen LogP) is 2.52. The first-order chi connectivity index (χ1) is 11.7. The van der Waals surface area contributed by atoms with Crippen LogP contribution in [0.25, 0.3) is 0 Å². The minimum Gasteiger partial charge on any atom is -0.467 e. The Morgan fingerprint density at radius 3 is 2.52 bits per heavy atom. The molecule has 0 radical (unpaired) electrons. The number of benzene rings is 1. The van der Waals surface area contributed by atoms with Crippen LogP contribution in [0, 0.1) is 19.8 Å². The summed E-state index contributed by atoms with van der Waals surface area (Å²) in [5.74, 6) is 0.00464. The number of aryl methyl sites for hydroxylation is 2. The molecule has 0 bridgehead atoms. The van der Waals surface area contributed by atoms with Crippen LogP contribution in [-0.2, 0) is 21.4 Å². The number of hydrogen-bond acceptors (Lipinski definition) is 4. The van der Waals surface area contributed by atoms with E-state index in [1.807, 2.05) is 13.0 Å². The van der Waals surface area contributed by atoms with Crippen LogP contribution in [0.5, 0.6) is 0 Å². The van der Waals surface area contributed by atoms with Crippen LogP contribution in [0.4, 0.5) is 0 Å². The number of carbonyl (C=O) groups excluding carboxylic acids is 1. The second kappa shape index (κ2) is 7.84. The summed E-state index contributed by atoms with van der Waals surface area (Å²) in [6, 6.07) is 7.81. The van der Waals surface area contributed by atoms with Crippen molar-refractivity contribution in [2.24, 2.45) is 5.92 Å². The molecule has 1 amide bonds. The van der Waals surface area contributed by atoms with Crippen molar-refractivity contribution >= 4 is 15.9 Å². The second-order valence-corrected chi connectivity index (χ2v) is 8.09. The summed E-state index contributed by atoms with van der Waals surface area (Å²) < 4.78 is 33.2. The third-order valence-electron chi connectivity index (χ3n) is 3.88. The number of amides is 1. The molecule has 2 aromatic rings. The normalized spacial score (nSPS) is 13.0. The fourth-order valence-electron chi connectivity index (χ4n) is 2.42. The standard InChI is InChI=1S/C18H24N2O4S/c1-12(2)17(18(21)19-11-15-6-5-9-24-15)20-25(22,23)16-10-13(3)7-8-14(16)4/h5-10,12,17,20H,11H2,1-4H3,(H,19,21)/t17-/m0/s1. The smallest absolute Gasteiger partial charge is 0.241 e. The molecule has 0 fully saturated rings. The van der Waals surface area contributed by atoms with Gasteiger partial charge in [0.1, 0.15) is 11.8 Å². The molecule has 6 nitrogen and oxygen atoms in total. The molecule has 1 atom stereocenters. The Bertz CT molecular complexity index is 827. The van der Waals surface area contributed by atoms with Gasteiger partial charge in [0.25, 0.3) is 0 Å². The molecule has 0 unspecified atom stereocenters. The lowest BCUT2D eigenvalue weighted by atomic mass is 10.1. The molecule has 0 saturated carbocycles. The van der Waals surface area contributed by atoms with Gasteiger partial charge in [-0.3, -0.25) is 4.79 Å². The maximum absolute atomic E-state index is 12.7. The summed E-state index contributed by atoms with van der Waals surface area (Å²) in [4.78, 5) is 12.7. The van der Waals surface area contributed by atoms with Crippen LogP contribution in [0.1, 0.15) is 30.7 Å². The third-order valence-corrected chi connectivity index (χ3v) is 5.46. The van der Waals surface area contributed by atoms with Gasteiger partial charge in [-0.2, -0.15) is 4.72 Å². The second-order valence-electron chi connectivity index (χ2n) is 6.41. The van der Waals surface area contributed by atoms with Crippen molar-refractivity contribution in [3.05, 3.63) is 53.5 Å². The molecule has 0 spiro atoms. The fraction of sp³-hybridized carbons (Fsp3) is 0.389. The van der Waals surface area contributed by atoms with Crippen LogP contribution in [0.15, 0.2) is 45.9 Å². The Morgan fingerprint density at radius 1 is 1.20 bits per heavy atom. The molecule has 1 heterocycles. The van der Waals surface area contributed by atoms with Gasteiger partial charge in [-0.1, -0.05) is 26.0 Å². The fourth-order valence-corrected chi connectivity index (χ4v) is 4.09. The van der Waals surface area contributed by atoms with E-state index in [4.69, 9.17) is 4.42 Å². The zero-order valence-corrected chi connectivity index (χ0v) is 15.7. The summed E-state index contributed by atoms with van der Waals surface area (Å²) in [6.45, 7) is 7.36.